The van der Waals surface area contributed by atoms with E-state index < -0.39 is 6.09 Å². The number of fused-ring (bicyclic) bond motifs is 2. The number of amides is 1. The van der Waals surface area contributed by atoms with Gasteiger partial charge in [0.05, 0.1) is 22.9 Å². The Labute approximate surface area is 304 Å². The number of hydrogen-bond acceptors (Lipinski definition) is 4. The molecule has 1 atom stereocenters. The van der Waals surface area contributed by atoms with Gasteiger partial charge < -0.3 is 10.4 Å². The van der Waals surface area contributed by atoms with Gasteiger partial charge in [0.1, 0.15) is 0 Å². The van der Waals surface area contributed by atoms with Crippen LogP contribution in [0.15, 0.2) is 85.2 Å². The molecule has 0 fully saturated rings. The largest absolute Gasteiger partial charge is 0.465 e. The molecule has 1 amide bonds. The van der Waals surface area contributed by atoms with E-state index in [9.17, 15) is 14.9 Å². The summed E-state index contributed by atoms with van der Waals surface area (Å²) in [6, 6.07) is 20.8. The highest BCUT2D eigenvalue weighted by Gasteiger charge is 2.17. The molecule has 7 heteroatoms. The first-order chi connectivity index (χ1) is 25.0. The van der Waals surface area contributed by atoms with Crippen LogP contribution in [0.2, 0.25) is 0 Å². The first-order valence-electron chi connectivity index (χ1n) is 19.2. The minimum Gasteiger partial charge on any atom is -0.465 e. The number of carbonyl (C=O) groups is 2. The summed E-state index contributed by atoms with van der Waals surface area (Å²) in [5.74, 6) is 0.317. The van der Waals surface area contributed by atoms with E-state index in [0.717, 1.165) is 61.4 Å². The summed E-state index contributed by atoms with van der Waals surface area (Å²) in [5, 5.41) is 24.6. The highest BCUT2D eigenvalue weighted by Crippen LogP contribution is 2.33. The van der Waals surface area contributed by atoms with Crippen LogP contribution < -0.4 is 5.32 Å². The number of nitriles is 1. The number of carbonyl (C=O) groups excluding carboxylic acids is 1. The van der Waals surface area contributed by atoms with Gasteiger partial charge in [0.15, 0.2) is 0 Å². The molecule has 0 radical (unpaired) electrons. The number of hydrogen-bond donors (Lipinski definition) is 2. The molecule has 0 aliphatic heterocycles. The number of pyridine rings is 1. The summed E-state index contributed by atoms with van der Waals surface area (Å²) in [6.45, 7) is 2.58. The van der Waals surface area contributed by atoms with Gasteiger partial charge in [-0.2, -0.15) is 5.26 Å². The van der Waals surface area contributed by atoms with Crippen LogP contribution in [0.3, 0.4) is 0 Å². The van der Waals surface area contributed by atoms with Gasteiger partial charge in [-0.05, 0) is 81.7 Å². The molecule has 4 aromatic rings. The van der Waals surface area contributed by atoms with Crippen molar-refractivity contribution in [1.82, 2.24) is 14.9 Å². The Balaban J connectivity index is 1.34. The van der Waals surface area contributed by atoms with E-state index >= 15 is 0 Å². The maximum Gasteiger partial charge on any atom is 0.404 e. The fourth-order valence-corrected chi connectivity index (χ4v) is 6.96. The normalized spacial score (nSPS) is 12.4. The Morgan fingerprint density at radius 3 is 2.35 bits per heavy atom. The summed E-state index contributed by atoms with van der Waals surface area (Å²) in [7, 11) is 0. The minimum atomic E-state index is -1.06. The fraction of sp³-hybridized carbons (Fsp3) is 0.455. The summed E-state index contributed by atoms with van der Waals surface area (Å²) >= 11 is 0. The standard InChI is InChI=1S/C44H56N4O3/c1-2-3-4-5-6-7-8-9-10-11-13-23-36(43-38-26-17-16-22-35(38)30-32-46-43)24-14-12-15-25-37(33-45)40-34-48(41-28-19-18-27-39(40)41)42(49)29-20-21-31-47-44(50)51/h9-10,16-19,22,25-28,30,32,34,36,47H,2-8,11-15,20-21,23-24,29,31H2,1H3,(H,50,51)/b10-9-,37-25+. The number of para-hydroxylation sites is 1. The average molecular weight is 689 g/mol. The SMILES string of the molecule is CCCCCCCC/C=C\CCCC(CCCC/C=C(\C#N)c1cn(C(=O)CCCCNC(=O)O)c2ccccc12)c1nccc2ccccc12. The summed E-state index contributed by atoms with van der Waals surface area (Å²) in [6.07, 6.45) is 27.3. The quantitative estimate of drug-likeness (QED) is 0.0458. The summed E-state index contributed by atoms with van der Waals surface area (Å²) < 4.78 is 1.64. The van der Waals surface area contributed by atoms with E-state index in [0.29, 0.717) is 37.3 Å². The van der Waals surface area contributed by atoms with Crippen molar-refractivity contribution in [3.63, 3.8) is 0 Å². The van der Waals surface area contributed by atoms with Gasteiger partial charge in [-0.15, -0.1) is 0 Å². The number of aromatic nitrogens is 2. The summed E-state index contributed by atoms with van der Waals surface area (Å²) in [4.78, 5) is 28.8. The molecule has 2 N–H and O–H groups in total. The van der Waals surface area contributed by atoms with E-state index in [1.54, 1.807) is 10.8 Å². The number of benzene rings is 2. The van der Waals surface area contributed by atoms with Gasteiger partial charge in [-0.3, -0.25) is 14.3 Å². The number of rotatable bonds is 23. The number of nitrogens with zero attached hydrogens (tertiary/aromatic N) is 3. The second-order valence-electron chi connectivity index (χ2n) is 13.6. The van der Waals surface area contributed by atoms with Gasteiger partial charge in [-0.1, -0.05) is 106 Å². The van der Waals surface area contributed by atoms with Crippen LogP contribution in [0.4, 0.5) is 4.79 Å². The van der Waals surface area contributed by atoms with E-state index in [4.69, 9.17) is 10.1 Å². The molecule has 2 aromatic heterocycles. The lowest BCUT2D eigenvalue weighted by Crippen LogP contribution is -2.22. The highest BCUT2D eigenvalue weighted by molar-refractivity contribution is 6.01. The molecule has 0 aliphatic rings. The number of carboxylic acid groups (broad SMARTS) is 1. The van der Waals surface area contributed by atoms with E-state index in [-0.39, 0.29) is 5.91 Å². The van der Waals surface area contributed by atoms with Crippen molar-refractivity contribution >= 4 is 39.2 Å². The van der Waals surface area contributed by atoms with Gasteiger partial charge in [-0.25, -0.2) is 4.79 Å². The van der Waals surface area contributed by atoms with Gasteiger partial charge in [0.25, 0.3) is 0 Å². The molecule has 0 saturated carbocycles. The molecule has 0 aliphatic carbocycles. The van der Waals surface area contributed by atoms with Crippen molar-refractivity contribution in [3.05, 3.63) is 96.5 Å². The maximum atomic E-state index is 13.2. The molecular weight excluding hydrogens is 633 g/mol. The van der Waals surface area contributed by atoms with E-state index in [1.807, 2.05) is 36.5 Å². The lowest BCUT2D eigenvalue weighted by Gasteiger charge is -2.18. The molecule has 0 bridgehead atoms. The number of allylic oxidation sites excluding steroid dienone is 4. The monoisotopic (exact) mass is 688 g/mol. The van der Waals surface area contributed by atoms with Crippen LogP contribution in [-0.4, -0.2) is 33.2 Å². The predicted molar refractivity (Wildman–Crippen MR) is 210 cm³/mol. The van der Waals surface area contributed by atoms with Crippen molar-refractivity contribution in [2.24, 2.45) is 0 Å². The van der Waals surface area contributed by atoms with Gasteiger partial charge in [0.2, 0.25) is 5.91 Å². The van der Waals surface area contributed by atoms with Crippen LogP contribution >= 0.6 is 0 Å². The number of unbranched alkanes of at least 4 members (excludes halogenated alkanes) is 10. The Morgan fingerprint density at radius 2 is 1.55 bits per heavy atom. The van der Waals surface area contributed by atoms with E-state index in [1.165, 1.54) is 61.4 Å². The molecule has 0 saturated heterocycles. The Bertz CT molecular complexity index is 1770. The van der Waals surface area contributed by atoms with Crippen molar-refractivity contribution in [2.75, 3.05) is 6.54 Å². The lowest BCUT2D eigenvalue weighted by atomic mass is 9.89. The average Bonchev–Trinajstić information content (AvgIpc) is 3.53. The zero-order valence-electron chi connectivity index (χ0n) is 30.5. The van der Waals surface area contributed by atoms with Gasteiger partial charge in [0, 0.05) is 47.6 Å². The zero-order valence-corrected chi connectivity index (χ0v) is 30.5. The molecule has 0 spiro atoms. The van der Waals surface area contributed by atoms with Gasteiger partial charge >= 0.3 is 6.09 Å². The highest BCUT2D eigenvalue weighted by atomic mass is 16.4. The third-order valence-corrected chi connectivity index (χ3v) is 9.75. The molecule has 270 valence electrons. The fourth-order valence-electron chi connectivity index (χ4n) is 6.96. The van der Waals surface area contributed by atoms with E-state index in [2.05, 4.69) is 60.8 Å². The maximum absolute atomic E-state index is 13.2. The first-order valence-corrected chi connectivity index (χ1v) is 19.2. The smallest absolute Gasteiger partial charge is 0.404 e. The predicted octanol–water partition coefficient (Wildman–Crippen LogP) is 12.0. The first kappa shape index (κ1) is 39.1. The Morgan fingerprint density at radius 1 is 0.843 bits per heavy atom. The Hall–Kier alpha value is -4.70. The molecular formula is C44H56N4O3. The number of nitrogens with one attached hydrogen (secondary N) is 1. The topological polar surface area (TPSA) is 108 Å². The van der Waals surface area contributed by atoms with Crippen LogP contribution in [0.5, 0.6) is 0 Å². The molecule has 1 unspecified atom stereocenters. The molecule has 7 nitrogen and oxygen atoms in total. The zero-order chi connectivity index (χ0) is 36.1. The van der Waals surface area contributed by atoms with Crippen molar-refractivity contribution in [1.29, 1.82) is 5.26 Å². The van der Waals surface area contributed by atoms with Crippen LogP contribution in [0, 0.1) is 11.3 Å². The molecule has 2 heterocycles. The third-order valence-electron chi connectivity index (χ3n) is 9.75. The van der Waals surface area contributed by atoms with Crippen LogP contribution in [0.1, 0.15) is 138 Å². The van der Waals surface area contributed by atoms with Crippen molar-refractivity contribution < 1.29 is 14.7 Å². The summed E-state index contributed by atoms with van der Waals surface area (Å²) in [5.41, 5.74) is 3.35. The second kappa shape index (κ2) is 22.2. The second-order valence-corrected chi connectivity index (χ2v) is 13.6. The van der Waals surface area contributed by atoms with Crippen molar-refractivity contribution in [2.45, 2.75) is 122 Å². The van der Waals surface area contributed by atoms with Crippen LogP contribution in [-0.2, 0) is 0 Å². The third kappa shape index (κ3) is 12.5. The van der Waals surface area contributed by atoms with Crippen molar-refractivity contribution in [3.8, 4) is 6.07 Å². The minimum absolute atomic E-state index is 0.0635. The lowest BCUT2D eigenvalue weighted by molar-refractivity contribution is 0.0904. The van der Waals surface area contributed by atoms with Crippen LogP contribution in [0.25, 0.3) is 27.2 Å². The molecule has 51 heavy (non-hydrogen) atoms. The molecule has 2 aromatic carbocycles. The Kier molecular flexibility index (Phi) is 17.0. The molecule has 4 rings (SSSR count).